The topological polar surface area (TPSA) is 71.0 Å². The lowest BCUT2D eigenvalue weighted by atomic mass is 10.1. The van der Waals surface area contributed by atoms with Gasteiger partial charge in [-0.2, -0.15) is 0 Å². The number of nitrogens with zero attached hydrogens (tertiary/aromatic N) is 4. The number of pyridine rings is 1. The number of carbonyl (C=O) groups excluding carboxylic acids is 1. The molecular weight excluding hydrogens is 314 g/mol. The molecule has 23 heavy (non-hydrogen) atoms. The maximum Gasteiger partial charge on any atom is 0.272 e. The number of nitrogens with one attached hydrogen (secondary N) is 1. The Morgan fingerprint density at radius 1 is 1.30 bits per heavy atom. The SMILES string of the molecule is C[C@H](NC(=O)c1nc(N2CCCC2)ncc1Cl)c1ccncc1. The van der Waals surface area contributed by atoms with Crippen LogP contribution in [0.3, 0.4) is 0 Å². The largest absolute Gasteiger partial charge is 0.344 e. The summed E-state index contributed by atoms with van der Waals surface area (Å²) in [4.78, 5) is 27.1. The quantitative estimate of drug-likeness (QED) is 0.932. The number of hydrogen-bond donors (Lipinski definition) is 1. The summed E-state index contributed by atoms with van der Waals surface area (Å²) < 4.78 is 0. The third-order valence-electron chi connectivity index (χ3n) is 3.89. The van der Waals surface area contributed by atoms with Crippen molar-refractivity contribution in [1.29, 1.82) is 0 Å². The summed E-state index contributed by atoms with van der Waals surface area (Å²) in [5.41, 5.74) is 1.18. The van der Waals surface area contributed by atoms with Gasteiger partial charge in [0.1, 0.15) is 0 Å². The fraction of sp³-hybridized carbons (Fsp3) is 0.375. The normalized spacial score (nSPS) is 15.5. The van der Waals surface area contributed by atoms with E-state index in [-0.39, 0.29) is 22.7 Å². The van der Waals surface area contributed by atoms with Crippen LogP contribution in [0.2, 0.25) is 5.02 Å². The van der Waals surface area contributed by atoms with E-state index in [0.29, 0.717) is 5.95 Å². The van der Waals surface area contributed by atoms with Gasteiger partial charge in [0.15, 0.2) is 5.69 Å². The Kier molecular flexibility index (Phi) is 4.71. The molecule has 120 valence electrons. The zero-order valence-corrected chi connectivity index (χ0v) is 13.6. The van der Waals surface area contributed by atoms with E-state index in [1.807, 2.05) is 19.1 Å². The van der Waals surface area contributed by atoms with Gasteiger partial charge in [-0.3, -0.25) is 9.78 Å². The highest BCUT2D eigenvalue weighted by Gasteiger charge is 2.20. The molecule has 1 fully saturated rings. The monoisotopic (exact) mass is 331 g/mol. The van der Waals surface area contributed by atoms with E-state index >= 15 is 0 Å². The van der Waals surface area contributed by atoms with E-state index < -0.39 is 0 Å². The highest BCUT2D eigenvalue weighted by molar-refractivity contribution is 6.33. The molecule has 3 heterocycles. The fourth-order valence-corrected chi connectivity index (χ4v) is 2.76. The molecule has 1 N–H and O–H groups in total. The molecule has 1 saturated heterocycles. The van der Waals surface area contributed by atoms with E-state index in [1.54, 1.807) is 12.4 Å². The number of hydrogen-bond acceptors (Lipinski definition) is 5. The van der Waals surface area contributed by atoms with Gasteiger partial charge in [0.25, 0.3) is 5.91 Å². The Balaban J connectivity index is 1.77. The van der Waals surface area contributed by atoms with Gasteiger partial charge in [0.2, 0.25) is 5.95 Å². The zero-order valence-electron chi connectivity index (χ0n) is 12.9. The van der Waals surface area contributed by atoms with Crippen LogP contribution in [0.4, 0.5) is 5.95 Å². The molecule has 1 atom stereocenters. The zero-order chi connectivity index (χ0) is 16.2. The summed E-state index contributed by atoms with van der Waals surface area (Å²) in [6.07, 6.45) is 7.12. The molecule has 1 aliphatic heterocycles. The van der Waals surface area contributed by atoms with Gasteiger partial charge in [-0.1, -0.05) is 11.6 Å². The molecule has 3 rings (SSSR count). The van der Waals surface area contributed by atoms with Crippen LogP contribution in [-0.2, 0) is 0 Å². The molecule has 1 aliphatic rings. The molecule has 0 unspecified atom stereocenters. The summed E-state index contributed by atoms with van der Waals surface area (Å²) in [6.45, 7) is 3.73. The van der Waals surface area contributed by atoms with Crippen LogP contribution in [0.15, 0.2) is 30.7 Å². The van der Waals surface area contributed by atoms with Gasteiger partial charge in [-0.25, -0.2) is 9.97 Å². The molecule has 0 radical (unpaired) electrons. The van der Waals surface area contributed by atoms with Crippen LogP contribution in [-0.4, -0.2) is 33.9 Å². The minimum Gasteiger partial charge on any atom is -0.344 e. The lowest BCUT2D eigenvalue weighted by Gasteiger charge is -2.17. The van der Waals surface area contributed by atoms with E-state index in [4.69, 9.17) is 11.6 Å². The van der Waals surface area contributed by atoms with E-state index in [1.165, 1.54) is 6.20 Å². The molecule has 0 aromatic carbocycles. The smallest absolute Gasteiger partial charge is 0.272 e. The van der Waals surface area contributed by atoms with Crippen molar-refractivity contribution in [3.05, 3.63) is 47.0 Å². The summed E-state index contributed by atoms with van der Waals surface area (Å²) >= 11 is 6.11. The molecule has 0 spiro atoms. The highest BCUT2D eigenvalue weighted by Crippen LogP contribution is 2.20. The minimum absolute atomic E-state index is 0.160. The second-order valence-corrected chi connectivity index (χ2v) is 5.94. The summed E-state index contributed by atoms with van der Waals surface area (Å²) in [7, 11) is 0. The molecule has 0 bridgehead atoms. The summed E-state index contributed by atoms with van der Waals surface area (Å²) in [5, 5.41) is 3.17. The molecule has 1 amide bonds. The average Bonchev–Trinajstić information content (AvgIpc) is 3.10. The van der Waals surface area contributed by atoms with Crippen LogP contribution >= 0.6 is 11.6 Å². The Morgan fingerprint density at radius 2 is 2.00 bits per heavy atom. The third kappa shape index (κ3) is 3.59. The van der Waals surface area contributed by atoms with E-state index in [2.05, 4.69) is 25.2 Å². The molecule has 6 nitrogen and oxygen atoms in total. The van der Waals surface area contributed by atoms with Gasteiger partial charge in [0.05, 0.1) is 17.3 Å². The van der Waals surface area contributed by atoms with Crippen LogP contribution in [0, 0.1) is 0 Å². The van der Waals surface area contributed by atoms with Gasteiger partial charge in [-0.15, -0.1) is 0 Å². The second-order valence-electron chi connectivity index (χ2n) is 5.54. The first-order chi connectivity index (χ1) is 11.1. The van der Waals surface area contributed by atoms with Crippen molar-refractivity contribution in [3.8, 4) is 0 Å². The molecule has 0 aliphatic carbocycles. The Hall–Kier alpha value is -2.21. The first-order valence-electron chi connectivity index (χ1n) is 7.63. The number of rotatable bonds is 4. The minimum atomic E-state index is -0.304. The molecule has 0 saturated carbocycles. The number of amides is 1. The van der Waals surface area contributed by atoms with E-state index in [0.717, 1.165) is 31.5 Å². The second kappa shape index (κ2) is 6.91. The lowest BCUT2D eigenvalue weighted by molar-refractivity contribution is 0.0935. The van der Waals surface area contributed by atoms with Crippen molar-refractivity contribution in [3.63, 3.8) is 0 Å². The third-order valence-corrected chi connectivity index (χ3v) is 4.17. The van der Waals surface area contributed by atoms with Gasteiger partial charge < -0.3 is 10.2 Å². The van der Waals surface area contributed by atoms with Crippen molar-refractivity contribution >= 4 is 23.5 Å². The standard InChI is InChI=1S/C16H18ClN5O/c1-11(12-4-6-18-7-5-12)20-15(23)14-13(17)10-19-16(21-14)22-8-2-3-9-22/h4-7,10-11H,2-3,8-9H2,1H3,(H,20,23)/t11-/m0/s1. The van der Waals surface area contributed by atoms with Crippen molar-refractivity contribution in [1.82, 2.24) is 20.3 Å². The number of carbonyl (C=O) groups is 1. The maximum absolute atomic E-state index is 12.5. The first-order valence-corrected chi connectivity index (χ1v) is 8.01. The number of anilines is 1. The van der Waals surface area contributed by atoms with Gasteiger partial charge >= 0.3 is 0 Å². The Bertz CT molecular complexity index is 688. The predicted octanol–water partition coefficient (Wildman–Crippen LogP) is 2.62. The molecule has 2 aromatic rings. The summed E-state index contributed by atoms with van der Waals surface area (Å²) in [6, 6.07) is 3.57. The molecule has 2 aromatic heterocycles. The maximum atomic E-state index is 12.5. The first kappa shape index (κ1) is 15.7. The van der Waals surface area contributed by atoms with Crippen LogP contribution in [0.5, 0.6) is 0 Å². The highest BCUT2D eigenvalue weighted by atomic mass is 35.5. The Labute approximate surface area is 139 Å². The molecule has 7 heteroatoms. The van der Waals surface area contributed by atoms with Crippen molar-refractivity contribution in [2.75, 3.05) is 18.0 Å². The number of aromatic nitrogens is 3. The number of halogens is 1. The van der Waals surface area contributed by atoms with Crippen molar-refractivity contribution in [2.45, 2.75) is 25.8 Å². The summed E-state index contributed by atoms with van der Waals surface area (Å²) in [5.74, 6) is 0.260. The molecular formula is C16H18ClN5O. The fourth-order valence-electron chi connectivity index (χ4n) is 2.59. The van der Waals surface area contributed by atoms with Gasteiger partial charge in [-0.05, 0) is 37.5 Å². The lowest BCUT2D eigenvalue weighted by Crippen LogP contribution is -2.29. The Morgan fingerprint density at radius 3 is 2.70 bits per heavy atom. The average molecular weight is 332 g/mol. The van der Waals surface area contributed by atoms with Crippen LogP contribution in [0.25, 0.3) is 0 Å². The van der Waals surface area contributed by atoms with Crippen LogP contribution < -0.4 is 10.2 Å². The van der Waals surface area contributed by atoms with Gasteiger partial charge in [0, 0.05) is 25.5 Å². The van der Waals surface area contributed by atoms with Crippen LogP contribution in [0.1, 0.15) is 41.9 Å². The van der Waals surface area contributed by atoms with Crippen molar-refractivity contribution in [2.24, 2.45) is 0 Å². The van der Waals surface area contributed by atoms with Crippen molar-refractivity contribution < 1.29 is 4.79 Å². The van der Waals surface area contributed by atoms with E-state index in [9.17, 15) is 4.79 Å². The predicted molar refractivity (Wildman–Crippen MR) is 88.6 cm³/mol.